The number of hydrogen-bond donors (Lipinski definition) is 1. The van der Waals surface area contributed by atoms with Crippen molar-refractivity contribution >= 4 is 0 Å². The first-order valence-corrected chi connectivity index (χ1v) is 1.97. The molecule has 3 nitrogen and oxygen atoms in total. The van der Waals surface area contributed by atoms with Gasteiger partial charge in [0.05, 0.1) is 6.20 Å². The lowest BCUT2D eigenvalue weighted by molar-refractivity contribution is 0.876. The molecule has 0 aromatic heterocycles. The largest absolute Gasteiger partial charge is 0.267 e. The summed E-state index contributed by atoms with van der Waals surface area (Å²) in [6.45, 7) is 0. The minimum absolute atomic E-state index is 1.61. The summed E-state index contributed by atoms with van der Waals surface area (Å²) < 4.78 is 0. The number of nitrogens with zero attached hydrogens (tertiary/aromatic N) is 2. The van der Waals surface area contributed by atoms with Gasteiger partial charge in [0, 0.05) is 6.20 Å². The lowest BCUT2D eigenvalue weighted by Crippen LogP contribution is -1.86. The maximum atomic E-state index is 3.54. The van der Waals surface area contributed by atoms with Crippen molar-refractivity contribution in [3.63, 3.8) is 0 Å². The molecule has 1 aliphatic heterocycles. The highest BCUT2D eigenvalue weighted by atomic mass is 15.4. The number of nitrogens with one attached hydrogen (secondary N) is 1. The van der Waals surface area contributed by atoms with E-state index < -0.39 is 0 Å². The second-order valence-corrected chi connectivity index (χ2v) is 1.05. The van der Waals surface area contributed by atoms with E-state index in [2.05, 4.69) is 15.8 Å². The van der Waals surface area contributed by atoms with Gasteiger partial charge in [0.15, 0.2) is 0 Å². The first kappa shape index (κ1) is 4.05. The van der Waals surface area contributed by atoms with Crippen molar-refractivity contribution < 1.29 is 0 Å². The van der Waals surface area contributed by atoms with Crippen LogP contribution in [0.15, 0.2) is 34.9 Å². The summed E-state index contributed by atoms with van der Waals surface area (Å²) in [5.41, 5.74) is 2.56. The molecule has 36 valence electrons. The molecule has 0 amide bonds. The number of rotatable bonds is 0. The second kappa shape index (κ2) is 2.12. The molecule has 0 aromatic rings. The Morgan fingerprint density at radius 2 is 2.29 bits per heavy atom. The Balaban J connectivity index is 2.60. The highest BCUT2D eigenvalue weighted by molar-refractivity contribution is 5.01. The molecule has 0 saturated carbocycles. The monoisotopic (exact) mass is 95.0 g/mol. The van der Waals surface area contributed by atoms with E-state index in [0.29, 0.717) is 0 Å². The lowest BCUT2D eigenvalue weighted by atomic mass is 10.6. The van der Waals surface area contributed by atoms with Gasteiger partial charge in [0.25, 0.3) is 0 Å². The fraction of sp³-hybridized carbons (Fsp3) is 0. The normalized spacial score (nSPS) is 16.0. The minimum atomic E-state index is 1.61. The highest BCUT2D eigenvalue weighted by Gasteiger charge is 1.69. The Kier molecular flexibility index (Phi) is 1.23. The molecule has 7 heavy (non-hydrogen) atoms. The molecule has 3 heteroatoms. The molecule has 0 fully saturated rings. The fourth-order valence-corrected chi connectivity index (χ4v) is 0.287. The third-order valence-electron chi connectivity index (χ3n) is 0.550. The van der Waals surface area contributed by atoms with Gasteiger partial charge >= 0.3 is 0 Å². The van der Waals surface area contributed by atoms with Crippen LogP contribution >= 0.6 is 0 Å². The Bertz CT molecular complexity index is 109. The van der Waals surface area contributed by atoms with E-state index in [0.717, 1.165) is 0 Å². The van der Waals surface area contributed by atoms with Gasteiger partial charge in [-0.2, -0.15) is 0 Å². The minimum Gasteiger partial charge on any atom is -0.267 e. The predicted molar refractivity (Wildman–Crippen MR) is 26.3 cm³/mol. The Morgan fingerprint density at radius 1 is 1.29 bits per heavy atom. The van der Waals surface area contributed by atoms with Crippen LogP contribution in [0.1, 0.15) is 0 Å². The molecule has 1 aliphatic rings. The summed E-state index contributed by atoms with van der Waals surface area (Å²) >= 11 is 0. The lowest BCUT2D eigenvalue weighted by Gasteiger charge is -1.76. The van der Waals surface area contributed by atoms with E-state index in [9.17, 15) is 0 Å². The Hall–Kier alpha value is -1.12. The predicted octanol–water partition coefficient (Wildman–Crippen LogP) is 0.984. The molecule has 0 aliphatic carbocycles. The molecule has 0 spiro atoms. The summed E-state index contributed by atoms with van der Waals surface area (Å²) in [5, 5.41) is 7.01. The van der Waals surface area contributed by atoms with Gasteiger partial charge < -0.3 is 0 Å². The summed E-state index contributed by atoms with van der Waals surface area (Å²) in [4.78, 5) is 0. The van der Waals surface area contributed by atoms with Gasteiger partial charge in [-0.15, -0.1) is 5.11 Å². The molecule has 0 saturated heterocycles. The smallest absolute Gasteiger partial charge is 0.0513 e. The quantitative estimate of drug-likeness (QED) is 0.478. The summed E-state index contributed by atoms with van der Waals surface area (Å²) in [5.74, 6) is 0. The molecule has 1 heterocycles. The molecular weight excluding hydrogens is 90.1 g/mol. The van der Waals surface area contributed by atoms with Crippen LogP contribution in [-0.2, 0) is 0 Å². The SMILES string of the molecule is C1=CN=NNC=C1. The average Bonchev–Trinajstić information content (AvgIpc) is 1.90. The highest BCUT2D eigenvalue weighted by Crippen LogP contribution is 1.82. The first-order valence-electron chi connectivity index (χ1n) is 1.97. The van der Waals surface area contributed by atoms with Crippen molar-refractivity contribution in [2.75, 3.05) is 0 Å². The zero-order chi connectivity index (χ0) is 4.95. The van der Waals surface area contributed by atoms with Crippen LogP contribution in [0, 0.1) is 0 Å². The zero-order valence-corrected chi connectivity index (χ0v) is 3.70. The Labute approximate surface area is 41.4 Å². The van der Waals surface area contributed by atoms with Crippen LogP contribution in [0.4, 0.5) is 0 Å². The van der Waals surface area contributed by atoms with Crippen LogP contribution in [0.25, 0.3) is 0 Å². The average molecular weight is 95.1 g/mol. The molecule has 1 rings (SSSR count). The number of allylic oxidation sites excluding steroid dienone is 2. The molecule has 0 aromatic carbocycles. The summed E-state index contributed by atoms with van der Waals surface area (Å²) in [6, 6.07) is 0. The molecule has 0 unspecified atom stereocenters. The van der Waals surface area contributed by atoms with E-state index in [-0.39, 0.29) is 0 Å². The summed E-state index contributed by atoms with van der Waals surface area (Å²) in [6.07, 6.45) is 6.92. The van der Waals surface area contributed by atoms with E-state index in [1.54, 1.807) is 18.5 Å². The van der Waals surface area contributed by atoms with Gasteiger partial charge in [-0.05, 0) is 12.2 Å². The van der Waals surface area contributed by atoms with Gasteiger partial charge in [-0.25, -0.2) is 0 Å². The molecule has 0 bridgehead atoms. The van der Waals surface area contributed by atoms with Crippen molar-refractivity contribution in [1.82, 2.24) is 5.43 Å². The summed E-state index contributed by atoms with van der Waals surface area (Å²) in [7, 11) is 0. The van der Waals surface area contributed by atoms with Crippen LogP contribution in [0.2, 0.25) is 0 Å². The van der Waals surface area contributed by atoms with Crippen molar-refractivity contribution in [2.24, 2.45) is 10.3 Å². The molecule has 0 radical (unpaired) electrons. The second-order valence-electron chi connectivity index (χ2n) is 1.05. The van der Waals surface area contributed by atoms with E-state index in [1.807, 2.05) is 6.08 Å². The standard InChI is InChI=1S/C4H5N3/c1-2-4-6-7-5-3-1/h1-4H,(H,5,6). The molecular formula is C4H5N3. The van der Waals surface area contributed by atoms with Crippen molar-refractivity contribution in [1.29, 1.82) is 0 Å². The van der Waals surface area contributed by atoms with Crippen molar-refractivity contribution in [2.45, 2.75) is 0 Å². The van der Waals surface area contributed by atoms with Crippen molar-refractivity contribution in [3.8, 4) is 0 Å². The van der Waals surface area contributed by atoms with Gasteiger partial charge in [0.2, 0.25) is 0 Å². The van der Waals surface area contributed by atoms with Gasteiger partial charge in [-0.3, -0.25) is 5.43 Å². The van der Waals surface area contributed by atoms with Gasteiger partial charge in [-0.1, -0.05) is 5.22 Å². The van der Waals surface area contributed by atoms with Crippen molar-refractivity contribution in [3.05, 3.63) is 24.6 Å². The fourth-order valence-electron chi connectivity index (χ4n) is 0.287. The van der Waals surface area contributed by atoms with Crippen LogP contribution in [-0.4, -0.2) is 0 Å². The first-order chi connectivity index (χ1) is 3.50. The van der Waals surface area contributed by atoms with Gasteiger partial charge in [0.1, 0.15) is 0 Å². The maximum Gasteiger partial charge on any atom is 0.0513 e. The maximum absolute atomic E-state index is 3.54. The van der Waals surface area contributed by atoms with Crippen LogP contribution in [0.3, 0.4) is 0 Å². The van der Waals surface area contributed by atoms with E-state index in [1.165, 1.54) is 0 Å². The third kappa shape index (κ3) is 1.17. The third-order valence-corrected chi connectivity index (χ3v) is 0.550. The Morgan fingerprint density at radius 3 is 3.29 bits per heavy atom. The molecule has 0 atom stereocenters. The van der Waals surface area contributed by atoms with Crippen LogP contribution < -0.4 is 5.43 Å². The zero-order valence-electron chi connectivity index (χ0n) is 3.70. The van der Waals surface area contributed by atoms with E-state index in [4.69, 9.17) is 0 Å². The topological polar surface area (TPSA) is 36.8 Å². The molecule has 1 N–H and O–H groups in total. The number of hydrogen-bond acceptors (Lipinski definition) is 3. The van der Waals surface area contributed by atoms with Crippen LogP contribution in [0.5, 0.6) is 0 Å². The van der Waals surface area contributed by atoms with E-state index >= 15 is 0 Å².